The van der Waals surface area contributed by atoms with E-state index in [0.717, 1.165) is 5.69 Å². The number of aromatic nitrogens is 1. The van der Waals surface area contributed by atoms with Crippen LogP contribution in [0.15, 0.2) is 28.1 Å². The van der Waals surface area contributed by atoms with Crippen LogP contribution in [0.2, 0.25) is 0 Å². The molecular weight excluding hydrogens is 306 g/mol. The number of carboxylic acid groups (broad SMARTS) is 1. The van der Waals surface area contributed by atoms with Gasteiger partial charge in [-0.3, -0.25) is 0 Å². The van der Waals surface area contributed by atoms with Gasteiger partial charge in [-0.05, 0) is 41.1 Å². The molecule has 0 fully saturated rings. The van der Waals surface area contributed by atoms with Crippen molar-refractivity contribution in [2.45, 2.75) is 6.92 Å². The van der Waals surface area contributed by atoms with E-state index in [1.165, 1.54) is 23.5 Å². The molecule has 0 spiro atoms. The number of thiazole rings is 1. The SMILES string of the molecule is Cc1csc(Oc2cc(C(=O)O)ccc2Br)n1. The Labute approximate surface area is 110 Å². The molecule has 1 aromatic heterocycles. The summed E-state index contributed by atoms with van der Waals surface area (Å²) in [6.45, 7) is 1.87. The van der Waals surface area contributed by atoms with Gasteiger partial charge < -0.3 is 9.84 Å². The number of rotatable bonds is 3. The lowest BCUT2D eigenvalue weighted by Gasteiger charge is -2.05. The van der Waals surface area contributed by atoms with Gasteiger partial charge in [-0.1, -0.05) is 11.3 Å². The number of aromatic carboxylic acids is 1. The van der Waals surface area contributed by atoms with Crippen LogP contribution in [-0.2, 0) is 0 Å². The summed E-state index contributed by atoms with van der Waals surface area (Å²) in [4.78, 5) is 15.0. The predicted molar refractivity (Wildman–Crippen MR) is 68.0 cm³/mol. The highest BCUT2D eigenvalue weighted by atomic mass is 79.9. The van der Waals surface area contributed by atoms with Crippen LogP contribution in [0, 0.1) is 6.92 Å². The first-order chi connectivity index (χ1) is 8.06. The normalized spacial score (nSPS) is 10.2. The quantitative estimate of drug-likeness (QED) is 0.938. The van der Waals surface area contributed by atoms with Gasteiger partial charge in [0.15, 0.2) is 0 Å². The molecule has 0 saturated carbocycles. The number of aryl methyl sites for hydroxylation is 1. The minimum atomic E-state index is -0.988. The number of hydrogen-bond donors (Lipinski definition) is 1. The molecule has 2 rings (SSSR count). The van der Waals surface area contributed by atoms with Gasteiger partial charge in [0.05, 0.1) is 15.7 Å². The Bertz CT molecular complexity index is 568. The van der Waals surface area contributed by atoms with Crippen molar-refractivity contribution < 1.29 is 14.6 Å². The van der Waals surface area contributed by atoms with Crippen molar-refractivity contribution in [2.75, 3.05) is 0 Å². The van der Waals surface area contributed by atoms with Gasteiger partial charge in [0, 0.05) is 5.38 Å². The third-order valence-electron chi connectivity index (χ3n) is 1.97. The molecule has 4 nitrogen and oxygen atoms in total. The van der Waals surface area contributed by atoms with E-state index in [1.54, 1.807) is 6.07 Å². The Morgan fingerprint density at radius 1 is 1.53 bits per heavy atom. The molecule has 6 heteroatoms. The number of nitrogens with zero attached hydrogens (tertiary/aromatic N) is 1. The van der Waals surface area contributed by atoms with E-state index < -0.39 is 5.97 Å². The van der Waals surface area contributed by atoms with E-state index >= 15 is 0 Å². The first kappa shape index (κ1) is 12.1. The van der Waals surface area contributed by atoms with Crippen LogP contribution in [0.3, 0.4) is 0 Å². The van der Waals surface area contributed by atoms with Gasteiger partial charge in [0.25, 0.3) is 5.19 Å². The fourth-order valence-electron chi connectivity index (χ4n) is 1.19. The highest BCUT2D eigenvalue weighted by molar-refractivity contribution is 9.10. The van der Waals surface area contributed by atoms with E-state index in [0.29, 0.717) is 15.4 Å². The fraction of sp³-hybridized carbons (Fsp3) is 0.0909. The van der Waals surface area contributed by atoms with Crippen molar-refractivity contribution in [3.63, 3.8) is 0 Å². The second-order valence-corrected chi connectivity index (χ2v) is 4.98. The van der Waals surface area contributed by atoms with Crippen molar-refractivity contribution in [1.82, 2.24) is 4.98 Å². The van der Waals surface area contributed by atoms with Crippen LogP contribution in [0.25, 0.3) is 0 Å². The van der Waals surface area contributed by atoms with Crippen LogP contribution in [0.5, 0.6) is 10.9 Å². The van der Waals surface area contributed by atoms with Crippen molar-refractivity contribution >= 4 is 33.2 Å². The van der Waals surface area contributed by atoms with Crippen LogP contribution in [0.4, 0.5) is 0 Å². The lowest BCUT2D eigenvalue weighted by atomic mass is 10.2. The zero-order chi connectivity index (χ0) is 12.4. The third-order valence-corrected chi connectivity index (χ3v) is 3.46. The molecule has 0 saturated heterocycles. The summed E-state index contributed by atoms with van der Waals surface area (Å²) in [5.41, 5.74) is 1.05. The Kier molecular flexibility index (Phi) is 3.44. The maximum Gasteiger partial charge on any atom is 0.335 e. The number of hydrogen-bond acceptors (Lipinski definition) is 4. The molecule has 0 radical (unpaired) electrons. The van der Waals surface area contributed by atoms with E-state index in [9.17, 15) is 4.79 Å². The summed E-state index contributed by atoms with van der Waals surface area (Å²) in [6.07, 6.45) is 0. The largest absolute Gasteiger partial charge is 0.478 e. The van der Waals surface area contributed by atoms with Gasteiger partial charge in [-0.15, -0.1) is 0 Å². The first-order valence-electron chi connectivity index (χ1n) is 4.69. The molecule has 88 valence electrons. The Morgan fingerprint density at radius 3 is 2.88 bits per heavy atom. The Morgan fingerprint density at radius 2 is 2.29 bits per heavy atom. The molecule has 1 heterocycles. The predicted octanol–water partition coefficient (Wildman–Crippen LogP) is 3.70. The maximum atomic E-state index is 10.8. The number of benzene rings is 1. The molecule has 0 unspecified atom stereocenters. The Hall–Kier alpha value is -1.40. The zero-order valence-electron chi connectivity index (χ0n) is 8.81. The van der Waals surface area contributed by atoms with Crippen molar-refractivity contribution in [3.05, 3.63) is 39.3 Å². The summed E-state index contributed by atoms with van der Waals surface area (Å²) in [5.74, 6) is -0.545. The van der Waals surface area contributed by atoms with E-state index in [2.05, 4.69) is 20.9 Å². The van der Waals surface area contributed by atoms with E-state index in [1.807, 2.05) is 12.3 Å². The van der Waals surface area contributed by atoms with Gasteiger partial charge in [0.1, 0.15) is 5.75 Å². The molecule has 17 heavy (non-hydrogen) atoms. The highest BCUT2D eigenvalue weighted by Crippen LogP contribution is 2.32. The second-order valence-electron chi connectivity index (χ2n) is 3.31. The molecule has 0 aliphatic rings. The van der Waals surface area contributed by atoms with Gasteiger partial charge >= 0.3 is 5.97 Å². The standard InChI is InChI=1S/C11H8BrNO3S/c1-6-5-17-11(13-6)16-9-4-7(10(14)15)2-3-8(9)12/h2-5H,1H3,(H,14,15). The molecule has 0 amide bonds. The highest BCUT2D eigenvalue weighted by Gasteiger charge is 2.10. The molecule has 1 aromatic carbocycles. The minimum absolute atomic E-state index is 0.177. The monoisotopic (exact) mass is 313 g/mol. The summed E-state index contributed by atoms with van der Waals surface area (Å²) in [7, 11) is 0. The number of ether oxygens (including phenoxy) is 1. The summed E-state index contributed by atoms with van der Waals surface area (Å²) in [6, 6.07) is 4.61. The van der Waals surface area contributed by atoms with E-state index in [4.69, 9.17) is 9.84 Å². The van der Waals surface area contributed by atoms with Crippen LogP contribution < -0.4 is 4.74 Å². The lowest BCUT2D eigenvalue weighted by molar-refractivity contribution is 0.0696. The van der Waals surface area contributed by atoms with Gasteiger partial charge in [-0.25, -0.2) is 9.78 Å². The summed E-state index contributed by atoms with van der Waals surface area (Å²) >= 11 is 4.67. The van der Waals surface area contributed by atoms with E-state index in [-0.39, 0.29) is 5.56 Å². The van der Waals surface area contributed by atoms with Crippen molar-refractivity contribution in [2.24, 2.45) is 0 Å². The molecule has 0 atom stereocenters. The third kappa shape index (κ3) is 2.83. The summed E-state index contributed by atoms with van der Waals surface area (Å²) in [5, 5.41) is 11.2. The van der Waals surface area contributed by atoms with Gasteiger partial charge in [-0.2, -0.15) is 0 Å². The molecule has 2 aromatic rings. The molecular formula is C11H8BrNO3S. The molecule has 0 bridgehead atoms. The first-order valence-corrected chi connectivity index (χ1v) is 6.36. The fourth-order valence-corrected chi connectivity index (χ4v) is 2.17. The second kappa shape index (κ2) is 4.85. The molecule has 1 N–H and O–H groups in total. The lowest BCUT2D eigenvalue weighted by Crippen LogP contribution is -1.96. The molecule has 0 aliphatic heterocycles. The van der Waals surface area contributed by atoms with Crippen LogP contribution in [-0.4, -0.2) is 16.1 Å². The maximum absolute atomic E-state index is 10.8. The number of carbonyl (C=O) groups is 1. The molecule has 0 aliphatic carbocycles. The average Bonchev–Trinajstić information content (AvgIpc) is 2.67. The number of halogens is 1. The summed E-state index contributed by atoms with van der Waals surface area (Å²) < 4.78 is 6.21. The Balaban J connectivity index is 2.31. The average molecular weight is 314 g/mol. The van der Waals surface area contributed by atoms with Crippen LogP contribution in [0.1, 0.15) is 16.1 Å². The van der Waals surface area contributed by atoms with Crippen LogP contribution >= 0.6 is 27.3 Å². The van der Waals surface area contributed by atoms with Gasteiger partial charge in [0.2, 0.25) is 0 Å². The number of carboxylic acids is 1. The minimum Gasteiger partial charge on any atom is -0.478 e. The smallest absolute Gasteiger partial charge is 0.335 e. The van der Waals surface area contributed by atoms with Crippen molar-refractivity contribution in [1.29, 1.82) is 0 Å². The van der Waals surface area contributed by atoms with Crippen molar-refractivity contribution in [3.8, 4) is 10.9 Å². The topological polar surface area (TPSA) is 59.4 Å². The zero-order valence-corrected chi connectivity index (χ0v) is 11.2.